The van der Waals surface area contributed by atoms with Gasteiger partial charge in [0.2, 0.25) is 11.7 Å². The highest BCUT2D eigenvalue weighted by atomic mass is 16.5. The van der Waals surface area contributed by atoms with Crippen LogP contribution in [-0.4, -0.2) is 58.6 Å². The molecule has 0 aromatic carbocycles. The minimum atomic E-state index is -0.189. The molecule has 1 atom stereocenters. The highest BCUT2D eigenvalue weighted by Crippen LogP contribution is 2.23. The molecule has 1 fully saturated rings. The summed E-state index contributed by atoms with van der Waals surface area (Å²) < 4.78 is 16.0. The second-order valence-electron chi connectivity index (χ2n) is 4.67. The molecule has 8 heteroatoms. The summed E-state index contributed by atoms with van der Waals surface area (Å²) in [5.74, 6) is 1.31. The Morgan fingerprint density at radius 3 is 3.00 bits per heavy atom. The number of rotatable bonds is 4. The van der Waals surface area contributed by atoms with E-state index in [9.17, 15) is 0 Å². The van der Waals surface area contributed by atoms with Crippen LogP contribution in [0.3, 0.4) is 0 Å². The monoisotopic (exact) mass is 291 g/mol. The van der Waals surface area contributed by atoms with Gasteiger partial charge in [-0.05, 0) is 12.6 Å². The van der Waals surface area contributed by atoms with Gasteiger partial charge in [0.1, 0.15) is 11.8 Å². The number of hydrogen-bond donors (Lipinski definition) is 0. The Morgan fingerprint density at radius 2 is 2.29 bits per heavy atom. The Balaban J connectivity index is 1.76. The van der Waals surface area contributed by atoms with Gasteiger partial charge in [-0.15, -0.1) is 10.2 Å². The van der Waals surface area contributed by atoms with Crippen molar-refractivity contribution in [3.05, 3.63) is 18.0 Å². The molecule has 3 heterocycles. The summed E-state index contributed by atoms with van der Waals surface area (Å²) in [4.78, 5) is 6.64. The molecule has 0 aliphatic carbocycles. The molecule has 2 aromatic heterocycles. The van der Waals surface area contributed by atoms with Crippen molar-refractivity contribution in [3.63, 3.8) is 0 Å². The molecule has 21 heavy (non-hydrogen) atoms. The minimum absolute atomic E-state index is 0.189. The number of aromatic nitrogens is 4. The first kappa shape index (κ1) is 13.9. The SMILES string of the molecule is CCN1CCOC(c2nc(-c3ccc(OC)nn3)no2)C1. The zero-order chi connectivity index (χ0) is 14.7. The Morgan fingerprint density at radius 1 is 1.38 bits per heavy atom. The zero-order valence-corrected chi connectivity index (χ0v) is 12.0. The number of likely N-dealkylation sites (N-methyl/N-ethyl adjacent to an activating group) is 1. The van der Waals surface area contributed by atoms with Gasteiger partial charge in [0.25, 0.3) is 5.89 Å². The molecule has 0 amide bonds. The van der Waals surface area contributed by atoms with Gasteiger partial charge in [-0.2, -0.15) is 4.98 Å². The van der Waals surface area contributed by atoms with Gasteiger partial charge in [0.05, 0.1) is 13.7 Å². The van der Waals surface area contributed by atoms with Crippen LogP contribution in [0, 0.1) is 0 Å². The van der Waals surface area contributed by atoms with E-state index in [2.05, 4.69) is 32.2 Å². The molecule has 1 unspecified atom stereocenters. The van der Waals surface area contributed by atoms with Gasteiger partial charge in [-0.3, -0.25) is 4.90 Å². The summed E-state index contributed by atoms with van der Waals surface area (Å²) in [5.41, 5.74) is 0.536. The third-order valence-corrected chi connectivity index (χ3v) is 3.39. The van der Waals surface area contributed by atoms with Gasteiger partial charge < -0.3 is 14.0 Å². The van der Waals surface area contributed by atoms with Crippen molar-refractivity contribution < 1.29 is 14.0 Å². The lowest BCUT2D eigenvalue weighted by Gasteiger charge is -2.29. The van der Waals surface area contributed by atoms with Crippen LogP contribution < -0.4 is 4.74 Å². The molecule has 0 bridgehead atoms. The first-order valence-electron chi connectivity index (χ1n) is 6.85. The predicted molar refractivity (Wildman–Crippen MR) is 72.7 cm³/mol. The minimum Gasteiger partial charge on any atom is -0.480 e. The van der Waals surface area contributed by atoms with E-state index in [1.165, 1.54) is 7.11 Å². The third kappa shape index (κ3) is 3.01. The van der Waals surface area contributed by atoms with E-state index in [1.54, 1.807) is 12.1 Å². The van der Waals surface area contributed by atoms with Crippen molar-refractivity contribution >= 4 is 0 Å². The molecule has 2 aromatic rings. The standard InChI is InChI=1S/C13H17N5O3/c1-3-18-6-7-20-10(8-18)13-14-12(17-21-13)9-4-5-11(19-2)16-15-9/h4-5,10H,3,6-8H2,1-2H3. The molecule has 3 rings (SSSR count). The van der Waals surface area contributed by atoms with Crippen LogP contribution in [0.4, 0.5) is 0 Å². The van der Waals surface area contributed by atoms with Crippen molar-refractivity contribution in [2.75, 3.05) is 33.4 Å². The number of morpholine rings is 1. The third-order valence-electron chi connectivity index (χ3n) is 3.39. The fraction of sp³-hybridized carbons (Fsp3) is 0.538. The van der Waals surface area contributed by atoms with Gasteiger partial charge >= 0.3 is 0 Å². The highest BCUT2D eigenvalue weighted by Gasteiger charge is 2.26. The average molecular weight is 291 g/mol. The van der Waals surface area contributed by atoms with E-state index in [4.69, 9.17) is 14.0 Å². The summed E-state index contributed by atoms with van der Waals surface area (Å²) in [6.45, 7) is 5.45. The van der Waals surface area contributed by atoms with E-state index in [1.807, 2.05) is 0 Å². The van der Waals surface area contributed by atoms with Gasteiger partial charge in [-0.1, -0.05) is 12.1 Å². The maximum absolute atomic E-state index is 5.69. The molecule has 0 N–H and O–H groups in total. The lowest BCUT2D eigenvalue weighted by molar-refractivity contribution is -0.0431. The molecule has 1 saturated heterocycles. The second kappa shape index (κ2) is 6.15. The average Bonchev–Trinajstić information content (AvgIpc) is 3.05. The Kier molecular flexibility index (Phi) is 4.07. The Bertz CT molecular complexity index is 586. The quantitative estimate of drug-likeness (QED) is 0.822. The lowest BCUT2D eigenvalue weighted by atomic mass is 10.2. The zero-order valence-electron chi connectivity index (χ0n) is 12.0. The summed E-state index contributed by atoms with van der Waals surface area (Å²) in [6.07, 6.45) is -0.189. The largest absolute Gasteiger partial charge is 0.480 e. The van der Waals surface area contributed by atoms with E-state index >= 15 is 0 Å². The van der Waals surface area contributed by atoms with Gasteiger partial charge in [0.15, 0.2) is 0 Å². The van der Waals surface area contributed by atoms with E-state index in [0.29, 0.717) is 29.9 Å². The van der Waals surface area contributed by atoms with Crippen molar-refractivity contribution in [1.29, 1.82) is 0 Å². The van der Waals surface area contributed by atoms with Crippen LogP contribution in [0.2, 0.25) is 0 Å². The summed E-state index contributed by atoms with van der Waals surface area (Å²) in [6, 6.07) is 3.44. The van der Waals surface area contributed by atoms with Crippen molar-refractivity contribution in [1.82, 2.24) is 25.2 Å². The van der Waals surface area contributed by atoms with E-state index in [0.717, 1.165) is 19.6 Å². The Labute approximate surface area is 122 Å². The molecule has 1 aliphatic heterocycles. The van der Waals surface area contributed by atoms with Crippen LogP contribution in [-0.2, 0) is 4.74 Å². The normalized spacial score (nSPS) is 19.6. The maximum atomic E-state index is 5.69. The lowest BCUT2D eigenvalue weighted by Crippen LogP contribution is -2.38. The number of methoxy groups -OCH3 is 1. The van der Waals surface area contributed by atoms with Crippen LogP contribution in [0.5, 0.6) is 5.88 Å². The topological polar surface area (TPSA) is 86.4 Å². The van der Waals surface area contributed by atoms with Crippen molar-refractivity contribution in [2.24, 2.45) is 0 Å². The molecule has 0 spiro atoms. The molecular weight excluding hydrogens is 274 g/mol. The van der Waals surface area contributed by atoms with Crippen LogP contribution in [0.1, 0.15) is 18.9 Å². The number of hydrogen-bond acceptors (Lipinski definition) is 8. The summed E-state index contributed by atoms with van der Waals surface area (Å²) in [5, 5.41) is 11.8. The molecule has 1 aliphatic rings. The first-order chi connectivity index (χ1) is 10.3. The number of nitrogens with zero attached hydrogens (tertiary/aromatic N) is 5. The van der Waals surface area contributed by atoms with Crippen LogP contribution >= 0.6 is 0 Å². The summed E-state index contributed by atoms with van der Waals surface area (Å²) in [7, 11) is 1.54. The molecule has 0 saturated carbocycles. The van der Waals surface area contributed by atoms with Crippen LogP contribution in [0.25, 0.3) is 11.5 Å². The van der Waals surface area contributed by atoms with E-state index in [-0.39, 0.29) is 6.10 Å². The second-order valence-corrected chi connectivity index (χ2v) is 4.67. The predicted octanol–water partition coefficient (Wildman–Crippen LogP) is 0.928. The number of ether oxygens (including phenoxy) is 2. The summed E-state index contributed by atoms with van der Waals surface area (Å²) >= 11 is 0. The fourth-order valence-electron chi connectivity index (χ4n) is 2.16. The van der Waals surface area contributed by atoms with Gasteiger partial charge in [-0.25, -0.2) is 0 Å². The first-order valence-corrected chi connectivity index (χ1v) is 6.85. The molecule has 8 nitrogen and oxygen atoms in total. The van der Waals surface area contributed by atoms with Crippen molar-refractivity contribution in [3.8, 4) is 17.4 Å². The fourth-order valence-corrected chi connectivity index (χ4v) is 2.16. The van der Waals surface area contributed by atoms with E-state index < -0.39 is 0 Å². The molecule has 0 radical (unpaired) electrons. The smallest absolute Gasteiger partial charge is 0.257 e. The maximum Gasteiger partial charge on any atom is 0.257 e. The van der Waals surface area contributed by atoms with Gasteiger partial charge in [0, 0.05) is 19.2 Å². The molecule has 112 valence electrons. The molecular formula is C13H17N5O3. The Hall–Kier alpha value is -2.06. The van der Waals surface area contributed by atoms with Crippen molar-refractivity contribution in [2.45, 2.75) is 13.0 Å². The highest BCUT2D eigenvalue weighted by molar-refractivity contribution is 5.47. The van der Waals surface area contributed by atoms with Crippen LogP contribution in [0.15, 0.2) is 16.7 Å².